The van der Waals surface area contributed by atoms with Crippen LogP contribution in [0.15, 0.2) is 35.1 Å². The van der Waals surface area contributed by atoms with Crippen LogP contribution in [0.1, 0.15) is 15.9 Å². The first-order chi connectivity index (χ1) is 10.1. The highest BCUT2D eigenvalue weighted by Gasteiger charge is 2.14. The van der Waals surface area contributed by atoms with Crippen molar-refractivity contribution in [3.8, 4) is 17.4 Å². The minimum atomic E-state index is -0.539. The number of hydrogen-bond donors (Lipinski definition) is 3. The Morgan fingerprint density at radius 2 is 2.05 bits per heavy atom. The Kier molecular flexibility index (Phi) is 3.23. The molecule has 108 valence electrons. The van der Waals surface area contributed by atoms with Gasteiger partial charge in [0.25, 0.3) is 11.5 Å². The van der Waals surface area contributed by atoms with Crippen molar-refractivity contribution in [2.75, 3.05) is 6.79 Å². The van der Waals surface area contributed by atoms with Crippen molar-refractivity contribution >= 4 is 5.91 Å². The summed E-state index contributed by atoms with van der Waals surface area (Å²) in [4.78, 5) is 25.3. The van der Waals surface area contributed by atoms with Gasteiger partial charge in [-0.25, -0.2) is 0 Å². The van der Waals surface area contributed by atoms with Gasteiger partial charge in [-0.05, 0) is 17.7 Å². The Labute approximate surface area is 119 Å². The second-order valence-electron chi connectivity index (χ2n) is 4.49. The lowest BCUT2D eigenvalue weighted by molar-refractivity contribution is 0.0950. The van der Waals surface area contributed by atoms with Crippen LogP contribution in [-0.2, 0) is 6.54 Å². The molecule has 0 aliphatic carbocycles. The first-order valence-electron chi connectivity index (χ1n) is 6.22. The quantitative estimate of drug-likeness (QED) is 0.773. The number of amides is 1. The first kappa shape index (κ1) is 13.0. The van der Waals surface area contributed by atoms with E-state index in [-0.39, 0.29) is 24.8 Å². The fourth-order valence-electron chi connectivity index (χ4n) is 1.99. The molecule has 1 aliphatic rings. The third-order valence-electron chi connectivity index (χ3n) is 2.98. The molecule has 1 aliphatic heterocycles. The molecule has 0 unspecified atom stereocenters. The van der Waals surface area contributed by atoms with E-state index >= 15 is 0 Å². The number of hydrogen-bond acceptors (Lipinski definition) is 5. The van der Waals surface area contributed by atoms with Crippen molar-refractivity contribution in [2.45, 2.75) is 6.54 Å². The predicted molar refractivity (Wildman–Crippen MR) is 72.5 cm³/mol. The number of pyridine rings is 1. The molecule has 1 aromatic heterocycles. The summed E-state index contributed by atoms with van der Waals surface area (Å²) < 4.78 is 10.4. The summed E-state index contributed by atoms with van der Waals surface area (Å²) in [6.07, 6.45) is 0. The molecule has 0 bridgehead atoms. The number of carbonyl (C=O) groups excluding carboxylic acids is 1. The van der Waals surface area contributed by atoms with Crippen molar-refractivity contribution in [1.29, 1.82) is 0 Å². The van der Waals surface area contributed by atoms with Crippen LogP contribution in [0, 0.1) is 0 Å². The van der Waals surface area contributed by atoms with Gasteiger partial charge in [-0.2, -0.15) is 0 Å². The Balaban J connectivity index is 1.69. The molecule has 0 saturated heterocycles. The van der Waals surface area contributed by atoms with Gasteiger partial charge in [0.2, 0.25) is 6.79 Å². The van der Waals surface area contributed by atoms with E-state index in [1.807, 2.05) is 6.07 Å². The largest absolute Gasteiger partial charge is 0.494 e. The van der Waals surface area contributed by atoms with Gasteiger partial charge in [-0.15, -0.1) is 0 Å². The Morgan fingerprint density at radius 3 is 2.86 bits per heavy atom. The van der Waals surface area contributed by atoms with Crippen molar-refractivity contribution in [3.63, 3.8) is 0 Å². The average Bonchev–Trinajstić information content (AvgIpc) is 2.91. The summed E-state index contributed by atoms with van der Waals surface area (Å²) in [5.74, 6) is 0.505. The van der Waals surface area contributed by atoms with Gasteiger partial charge >= 0.3 is 0 Å². The van der Waals surface area contributed by atoms with Crippen LogP contribution in [0.25, 0.3) is 0 Å². The third kappa shape index (κ3) is 2.81. The summed E-state index contributed by atoms with van der Waals surface area (Å²) >= 11 is 0. The standard InChI is InChI=1S/C14H12N2O5/c17-12-4-9(5-13(18)16-12)14(19)15-6-8-1-2-10-11(3-8)21-7-20-10/h1-5H,6-7H2,(H,15,19)(H2,16,17,18). The van der Waals surface area contributed by atoms with E-state index in [9.17, 15) is 14.7 Å². The molecule has 7 heteroatoms. The lowest BCUT2D eigenvalue weighted by atomic mass is 10.2. The molecule has 7 nitrogen and oxygen atoms in total. The minimum Gasteiger partial charge on any atom is -0.494 e. The van der Waals surface area contributed by atoms with Crippen molar-refractivity contribution in [1.82, 2.24) is 10.3 Å². The van der Waals surface area contributed by atoms with Crippen LogP contribution in [-0.4, -0.2) is 22.8 Å². The van der Waals surface area contributed by atoms with Gasteiger partial charge in [-0.3, -0.25) is 14.6 Å². The lowest BCUT2D eigenvalue weighted by Gasteiger charge is -2.06. The maximum atomic E-state index is 11.9. The number of H-pyrrole nitrogens is 1. The molecule has 21 heavy (non-hydrogen) atoms. The molecule has 2 aromatic rings. The Hall–Kier alpha value is -2.96. The number of ether oxygens (including phenoxy) is 2. The summed E-state index contributed by atoms with van der Waals surface area (Å²) in [6.45, 7) is 0.459. The second-order valence-corrected chi connectivity index (χ2v) is 4.49. The van der Waals surface area contributed by atoms with Crippen LogP contribution >= 0.6 is 0 Å². The van der Waals surface area contributed by atoms with E-state index in [0.29, 0.717) is 11.5 Å². The number of carbonyl (C=O) groups is 1. The highest BCUT2D eigenvalue weighted by molar-refractivity contribution is 5.94. The fraction of sp³-hybridized carbons (Fsp3) is 0.143. The lowest BCUT2D eigenvalue weighted by Crippen LogP contribution is -2.24. The number of benzene rings is 1. The van der Waals surface area contributed by atoms with Crippen LogP contribution < -0.4 is 20.3 Å². The van der Waals surface area contributed by atoms with Gasteiger partial charge in [0.05, 0.1) is 5.56 Å². The van der Waals surface area contributed by atoms with E-state index in [2.05, 4.69) is 10.3 Å². The number of fused-ring (bicyclic) bond motifs is 1. The topological polar surface area (TPSA) is 101 Å². The second kappa shape index (κ2) is 5.20. The highest BCUT2D eigenvalue weighted by Crippen LogP contribution is 2.32. The molecule has 1 amide bonds. The summed E-state index contributed by atoms with van der Waals surface area (Å²) in [6, 6.07) is 7.66. The molecule has 0 atom stereocenters. The van der Waals surface area contributed by atoms with E-state index in [0.717, 1.165) is 11.6 Å². The Bertz CT molecular complexity index is 753. The van der Waals surface area contributed by atoms with Gasteiger partial charge in [0, 0.05) is 18.7 Å². The van der Waals surface area contributed by atoms with E-state index < -0.39 is 11.5 Å². The molecule has 0 spiro atoms. The SMILES string of the molecule is O=C(NCc1ccc2c(c1)OCO2)c1cc(O)[nH]c(=O)c1. The summed E-state index contributed by atoms with van der Waals surface area (Å²) in [7, 11) is 0. The van der Waals surface area contributed by atoms with Gasteiger partial charge in [0.1, 0.15) is 0 Å². The number of aromatic hydroxyl groups is 1. The molecule has 3 rings (SSSR count). The van der Waals surface area contributed by atoms with Crippen LogP contribution in [0.4, 0.5) is 0 Å². The maximum absolute atomic E-state index is 11.9. The zero-order valence-electron chi connectivity index (χ0n) is 10.9. The molecule has 1 aromatic carbocycles. The van der Waals surface area contributed by atoms with Crippen molar-refractivity contribution in [3.05, 3.63) is 51.8 Å². The van der Waals surface area contributed by atoms with Gasteiger partial charge in [-0.1, -0.05) is 6.07 Å². The Morgan fingerprint density at radius 1 is 1.24 bits per heavy atom. The van der Waals surface area contributed by atoms with Gasteiger partial charge in [0.15, 0.2) is 17.4 Å². The van der Waals surface area contributed by atoms with Gasteiger partial charge < -0.3 is 19.9 Å². The highest BCUT2D eigenvalue weighted by atomic mass is 16.7. The minimum absolute atomic E-state index is 0.0944. The number of nitrogens with one attached hydrogen (secondary N) is 2. The summed E-state index contributed by atoms with van der Waals surface area (Å²) in [5.41, 5.74) is 0.391. The smallest absolute Gasteiger partial charge is 0.251 e. The first-order valence-corrected chi connectivity index (χ1v) is 6.22. The zero-order chi connectivity index (χ0) is 14.8. The number of rotatable bonds is 3. The molecule has 3 N–H and O–H groups in total. The molecule has 2 heterocycles. The number of aromatic amines is 1. The monoisotopic (exact) mass is 288 g/mol. The van der Waals surface area contributed by atoms with Crippen molar-refractivity contribution in [2.24, 2.45) is 0 Å². The molecule has 0 radical (unpaired) electrons. The maximum Gasteiger partial charge on any atom is 0.251 e. The van der Waals surface area contributed by atoms with E-state index in [1.165, 1.54) is 6.07 Å². The van der Waals surface area contributed by atoms with E-state index in [1.54, 1.807) is 12.1 Å². The normalized spacial score (nSPS) is 12.2. The van der Waals surface area contributed by atoms with Crippen LogP contribution in [0.2, 0.25) is 0 Å². The third-order valence-corrected chi connectivity index (χ3v) is 2.98. The summed E-state index contributed by atoms with van der Waals surface area (Å²) in [5, 5.41) is 11.9. The number of aromatic nitrogens is 1. The van der Waals surface area contributed by atoms with E-state index in [4.69, 9.17) is 9.47 Å². The average molecular weight is 288 g/mol. The molecular weight excluding hydrogens is 276 g/mol. The van der Waals surface area contributed by atoms with Crippen LogP contribution in [0.3, 0.4) is 0 Å². The molecular formula is C14H12N2O5. The molecule has 0 saturated carbocycles. The van der Waals surface area contributed by atoms with Crippen LogP contribution in [0.5, 0.6) is 17.4 Å². The fourth-order valence-corrected chi connectivity index (χ4v) is 1.99. The molecule has 0 fully saturated rings. The van der Waals surface area contributed by atoms with Crippen molar-refractivity contribution < 1.29 is 19.4 Å². The predicted octanol–water partition coefficient (Wildman–Crippen LogP) is 0.739. The zero-order valence-corrected chi connectivity index (χ0v) is 10.9.